The van der Waals surface area contributed by atoms with Gasteiger partial charge in [-0.2, -0.15) is 0 Å². The highest BCUT2D eigenvalue weighted by molar-refractivity contribution is 6.08. The van der Waals surface area contributed by atoms with Gasteiger partial charge < -0.3 is 26.3 Å². The van der Waals surface area contributed by atoms with Crippen molar-refractivity contribution in [2.45, 2.75) is 12.5 Å². The van der Waals surface area contributed by atoms with E-state index in [9.17, 15) is 14.4 Å². The first-order chi connectivity index (χ1) is 9.99. The predicted molar refractivity (Wildman–Crippen MR) is 71.7 cm³/mol. The molecule has 8 nitrogen and oxygen atoms in total. The lowest BCUT2D eigenvalue weighted by Gasteiger charge is -2.13. The van der Waals surface area contributed by atoms with Gasteiger partial charge in [0, 0.05) is 12.0 Å². The van der Waals surface area contributed by atoms with E-state index in [0.29, 0.717) is 24.7 Å². The molecule has 8 heteroatoms. The van der Waals surface area contributed by atoms with Gasteiger partial charge in [-0.1, -0.05) is 0 Å². The number of benzene rings is 1. The lowest BCUT2D eigenvalue weighted by Crippen LogP contribution is -2.52. The smallest absolute Gasteiger partial charge is 0.252 e. The molecule has 112 valence electrons. The fourth-order valence-corrected chi connectivity index (χ4v) is 1.80. The van der Waals surface area contributed by atoms with Gasteiger partial charge in [-0.3, -0.25) is 14.4 Å². The van der Waals surface area contributed by atoms with Crippen LogP contribution in [0.25, 0.3) is 0 Å². The number of carbonyl (C=O) groups is 3. The van der Waals surface area contributed by atoms with E-state index in [1.807, 2.05) is 0 Å². The Balaban J connectivity index is 2.18. The van der Waals surface area contributed by atoms with Crippen molar-refractivity contribution in [3.8, 4) is 11.5 Å². The summed E-state index contributed by atoms with van der Waals surface area (Å²) in [6.07, 6.45) is 0.738. The Morgan fingerprint density at radius 2 is 1.67 bits per heavy atom. The Morgan fingerprint density at radius 1 is 1.05 bits per heavy atom. The van der Waals surface area contributed by atoms with Gasteiger partial charge in [0.05, 0.1) is 13.2 Å². The van der Waals surface area contributed by atoms with Crippen LogP contribution in [0.4, 0.5) is 0 Å². The van der Waals surface area contributed by atoms with Crippen molar-refractivity contribution in [3.05, 3.63) is 23.8 Å². The number of primary amides is 2. The van der Waals surface area contributed by atoms with Crippen molar-refractivity contribution in [1.82, 2.24) is 5.32 Å². The number of carbonyl (C=O) groups excluding carboxylic acids is 3. The van der Waals surface area contributed by atoms with Gasteiger partial charge >= 0.3 is 0 Å². The number of amides is 3. The fourth-order valence-electron chi connectivity index (χ4n) is 1.80. The molecular formula is C13H15N3O5. The maximum atomic E-state index is 12.0. The molecular weight excluding hydrogens is 278 g/mol. The van der Waals surface area contributed by atoms with E-state index in [0.717, 1.165) is 6.42 Å². The second kappa shape index (κ2) is 6.12. The maximum Gasteiger partial charge on any atom is 0.252 e. The Bertz CT molecular complexity index is 573. The third-order valence-electron chi connectivity index (χ3n) is 2.85. The number of rotatable bonds is 4. The molecule has 1 aromatic rings. The largest absolute Gasteiger partial charge is 0.490 e. The van der Waals surface area contributed by atoms with E-state index in [1.165, 1.54) is 12.1 Å². The van der Waals surface area contributed by atoms with Crippen LogP contribution in [-0.4, -0.2) is 37.0 Å². The standard InChI is InChI=1S/C13H15N3O5/c14-11(17)10(12(15)18)16-13(19)7-2-3-8-9(6-7)21-5-1-4-20-8/h2-3,6,10H,1,4-5H2,(H2,14,17)(H2,15,18)(H,16,19). The molecule has 0 saturated heterocycles. The monoisotopic (exact) mass is 293 g/mol. The van der Waals surface area contributed by atoms with Crippen molar-refractivity contribution < 1.29 is 23.9 Å². The molecule has 0 saturated carbocycles. The first kappa shape index (κ1) is 14.6. The predicted octanol–water partition coefficient (Wildman–Crippen LogP) is -1.08. The minimum atomic E-state index is -1.56. The van der Waals surface area contributed by atoms with Crippen LogP contribution in [0.3, 0.4) is 0 Å². The molecule has 2 rings (SSSR count). The van der Waals surface area contributed by atoms with Gasteiger partial charge in [0.2, 0.25) is 11.8 Å². The molecule has 1 heterocycles. The van der Waals surface area contributed by atoms with Gasteiger partial charge in [-0.15, -0.1) is 0 Å². The Labute approximate surface area is 120 Å². The van der Waals surface area contributed by atoms with E-state index in [1.54, 1.807) is 6.07 Å². The molecule has 21 heavy (non-hydrogen) atoms. The van der Waals surface area contributed by atoms with Gasteiger partial charge in [-0.05, 0) is 18.2 Å². The fraction of sp³-hybridized carbons (Fsp3) is 0.308. The normalized spacial score (nSPS) is 13.4. The molecule has 0 fully saturated rings. The van der Waals surface area contributed by atoms with Crippen LogP contribution in [0.15, 0.2) is 18.2 Å². The minimum absolute atomic E-state index is 0.201. The van der Waals surface area contributed by atoms with E-state index < -0.39 is 23.8 Å². The minimum Gasteiger partial charge on any atom is -0.490 e. The summed E-state index contributed by atoms with van der Waals surface area (Å²) in [5, 5.41) is 2.17. The Hall–Kier alpha value is -2.77. The van der Waals surface area contributed by atoms with Gasteiger partial charge in [0.1, 0.15) is 0 Å². The number of nitrogens with two attached hydrogens (primary N) is 2. The molecule has 5 N–H and O–H groups in total. The summed E-state index contributed by atoms with van der Waals surface area (Å²) in [4.78, 5) is 34.1. The third-order valence-corrected chi connectivity index (χ3v) is 2.85. The van der Waals surface area contributed by atoms with Crippen molar-refractivity contribution in [2.75, 3.05) is 13.2 Å². The van der Waals surface area contributed by atoms with Crippen LogP contribution < -0.4 is 26.3 Å². The molecule has 0 aromatic heterocycles. The van der Waals surface area contributed by atoms with Crippen LogP contribution in [-0.2, 0) is 9.59 Å². The second-order valence-electron chi connectivity index (χ2n) is 4.42. The van der Waals surface area contributed by atoms with Crippen molar-refractivity contribution in [2.24, 2.45) is 11.5 Å². The number of ether oxygens (including phenoxy) is 2. The van der Waals surface area contributed by atoms with E-state index in [4.69, 9.17) is 20.9 Å². The number of fused-ring (bicyclic) bond motifs is 1. The SMILES string of the molecule is NC(=O)C(NC(=O)c1ccc2c(c1)OCCCO2)C(N)=O. The summed E-state index contributed by atoms with van der Waals surface area (Å²) >= 11 is 0. The highest BCUT2D eigenvalue weighted by atomic mass is 16.5. The van der Waals surface area contributed by atoms with Crippen LogP contribution in [0.5, 0.6) is 11.5 Å². The van der Waals surface area contributed by atoms with Crippen molar-refractivity contribution in [3.63, 3.8) is 0 Å². The zero-order valence-corrected chi connectivity index (χ0v) is 11.1. The highest BCUT2D eigenvalue weighted by Crippen LogP contribution is 2.30. The summed E-state index contributed by atoms with van der Waals surface area (Å²) in [7, 11) is 0. The molecule has 0 bridgehead atoms. The van der Waals surface area contributed by atoms with Crippen LogP contribution >= 0.6 is 0 Å². The van der Waals surface area contributed by atoms with Crippen LogP contribution in [0.2, 0.25) is 0 Å². The molecule has 0 radical (unpaired) electrons. The average molecular weight is 293 g/mol. The Kier molecular flexibility index (Phi) is 4.27. The van der Waals surface area contributed by atoms with E-state index in [2.05, 4.69) is 5.32 Å². The quantitative estimate of drug-likeness (QED) is 0.607. The average Bonchev–Trinajstić information content (AvgIpc) is 2.68. The second-order valence-corrected chi connectivity index (χ2v) is 4.42. The number of nitrogens with one attached hydrogen (secondary N) is 1. The molecule has 1 aliphatic heterocycles. The summed E-state index contributed by atoms with van der Waals surface area (Å²) in [6.45, 7) is 1.01. The highest BCUT2D eigenvalue weighted by Gasteiger charge is 2.25. The maximum absolute atomic E-state index is 12.0. The van der Waals surface area contributed by atoms with Gasteiger partial charge in [0.15, 0.2) is 17.5 Å². The van der Waals surface area contributed by atoms with Gasteiger partial charge in [-0.25, -0.2) is 0 Å². The molecule has 1 aromatic carbocycles. The Morgan fingerprint density at radius 3 is 2.29 bits per heavy atom. The van der Waals surface area contributed by atoms with Crippen LogP contribution in [0.1, 0.15) is 16.8 Å². The summed E-state index contributed by atoms with van der Waals surface area (Å²) in [5.74, 6) is -1.75. The summed E-state index contributed by atoms with van der Waals surface area (Å²) in [6, 6.07) is 2.98. The molecule has 0 spiro atoms. The first-order valence-corrected chi connectivity index (χ1v) is 6.28. The molecule has 0 unspecified atom stereocenters. The number of hydrogen-bond acceptors (Lipinski definition) is 5. The zero-order chi connectivity index (χ0) is 15.4. The third kappa shape index (κ3) is 3.41. The molecule has 1 aliphatic rings. The topological polar surface area (TPSA) is 134 Å². The lowest BCUT2D eigenvalue weighted by molar-refractivity contribution is -0.128. The zero-order valence-electron chi connectivity index (χ0n) is 11.1. The molecule has 0 atom stereocenters. The van der Waals surface area contributed by atoms with Crippen LogP contribution in [0, 0.1) is 0 Å². The van der Waals surface area contributed by atoms with Crippen molar-refractivity contribution >= 4 is 17.7 Å². The van der Waals surface area contributed by atoms with Gasteiger partial charge in [0.25, 0.3) is 5.91 Å². The summed E-state index contributed by atoms with van der Waals surface area (Å²) < 4.78 is 10.9. The lowest BCUT2D eigenvalue weighted by atomic mass is 10.1. The summed E-state index contributed by atoms with van der Waals surface area (Å²) in [5.41, 5.74) is 10.2. The van der Waals surface area contributed by atoms with Crippen molar-refractivity contribution in [1.29, 1.82) is 0 Å². The molecule has 0 aliphatic carbocycles. The molecule has 3 amide bonds. The van der Waals surface area contributed by atoms with E-state index in [-0.39, 0.29) is 5.56 Å². The first-order valence-electron chi connectivity index (χ1n) is 6.28. The van der Waals surface area contributed by atoms with E-state index >= 15 is 0 Å². The number of hydrogen-bond donors (Lipinski definition) is 3.